The standard InChI is InChI=1S/C42H29IO2/c43-38-27-41(44-39-21-9-19-36(25-39)34-17-7-15-32(23-34)30-11-3-1-4-12-30)29-42(28-38)45-40-22-10-20-37(26-40)35-18-8-16-33(24-35)31-13-5-2-6-14-31/h1-29H. The summed E-state index contributed by atoms with van der Waals surface area (Å²) in [4.78, 5) is 0. The van der Waals surface area contributed by atoms with Gasteiger partial charge in [0.25, 0.3) is 0 Å². The second-order valence-electron chi connectivity index (χ2n) is 10.8. The predicted octanol–water partition coefficient (Wildman–Crippen LogP) is 12.5. The molecule has 0 saturated heterocycles. The van der Waals surface area contributed by atoms with Crippen LogP contribution in [-0.2, 0) is 0 Å². The molecule has 0 spiro atoms. The molecule has 7 rings (SSSR count). The van der Waals surface area contributed by atoms with Crippen LogP contribution in [0.5, 0.6) is 23.0 Å². The minimum atomic E-state index is 0.721. The smallest absolute Gasteiger partial charge is 0.132 e. The van der Waals surface area contributed by atoms with E-state index in [2.05, 4.69) is 144 Å². The molecule has 0 saturated carbocycles. The Morgan fingerprint density at radius 2 is 0.600 bits per heavy atom. The van der Waals surface area contributed by atoms with Gasteiger partial charge in [-0.15, -0.1) is 0 Å². The van der Waals surface area contributed by atoms with Crippen LogP contribution in [0.3, 0.4) is 0 Å². The molecule has 2 nitrogen and oxygen atoms in total. The summed E-state index contributed by atoms with van der Waals surface area (Å²) in [6.45, 7) is 0. The Kier molecular flexibility index (Phi) is 8.43. The quantitative estimate of drug-likeness (QED) is 0.148. The zero-order chi connectivity index (χ0) is 30.4. The Labute approximate surface area is 277 Å². The van der Waals surface area contributed by atoms with E-state index in [-0.39, 0.29) is 0 Å². The summed E-state index contributed by atoms with van der Waals surface area (Å²) in [7, 11) is 0. The summed E-state index contributed by atoms with van der Waals surface area (Å²) in [5.41, 5.74) is 9.25. The highest BCUT2D eigenvalue weighted by molar-refractivity contribution is 14.1. The molecular weight excluding hydrogens is 663 g/mol. The normalized spacial score (nSPS) is 10.8. The van der Waals surface area contributed by atoms with Crippen molar-refractivity contribution >= 4 is 22.6 Å². The Bertz CT molecular complexity index is 1920. The lowest BCUT2D eigenvalue weighted by Gasteiger charge is -2.13. The fraction of sp³-hybridized carbons (Fsp3) is 0. The predicted molar refractivity (Wildman–Crippen MR) is 194 cm³/mol. The van der Waals surface area contributed by atoms with Gasteiger partial charge in [-0.3, -0.25) is 0 Å². The number of hydrogen-bond acceptors (Lipinski definition) is 2. The summed E-state index contributed by atoms with van der Waals surface area (Å²) in [6.07, 6.45) is 0. The maximum atomic E-state index is 6.38. The van der Waals surface area contributed by atoms with Gasteiger partial charge < -0.3 is 9.47 Å². The third kappa shape index (κ3) is 7.00. The fourth-order valence-corrected chi connectivity index (χ4v) is 6.04. The average molecular weight is 693 g/mol. The van der Waals surface area contributed by atoms with E-state index in [0.29, 0.717) is 0 Å². The monoisotopic (exact) mass is 692 g/mol. The summed E-state index contributed by atoms with van der Waals surface area (Å²) >= 11 is 2.31. The minimum absolute atomic E-state index is 0.721. The van der Waals surface area contributed by atoms with E-state index in [1.54, 1.807) is 0 Å². The molecule has 0 heterocycles. The van der Waals surface area contributed by atoms with E-state index in [1.807, 2.05) is 54.6 Å². The minimum Gasteiger partial charge on any atom is -0.457 e. The van der Waals surface area contributed by atoms with Gasteiger partial charge in [-0.05, 0) is 116 Å². The zero-order valence-corrected chi connectivity index (χ0v) is 26.6. The third-order valence-corrected chi connectivity index (χ3v) is 8.21. The molecule has 0 atom stereocenters. The maximum absolute atomic E-state index is 6.38. The van der Waals surface area contributed by atoms with Crippen LogP contribution in [0.4, 0.5) is 0 Å². The highest BCUT2D eigenvalue weighted by Gasteiger charge is 2.09. The molecule has 45 heavy (non-hydrogen) atoms. The van der Waals surface area contributed by atoms with Crippen molar-refractivity contribution in [1.29, 1.82) is 0 Å². The van der Waals surface area contributed by atoms with Crippen LogP contribution in [0.1, 0.15) is 0 Å². The van der Waals surface area contributed by atoms with Crippen LogP contribution in [-0.4, -0.2) is 0 Å². The van der Waals surface area contributed by atoms with E-state index in [0.717, 1.165) is 48.8 Å². The molecule has 7 aromatic carbocycles. The van der Waals surface area contributed by atoms with Gasteiger partial charge in [-0.1, -0.05) is 121 Å². The molecule has 0 amide bonds. The average Bonchev–Trinajstić information content (AvgIpc) is 3.09. The lowest BCUT2D eigenvalue weighted by atomic mass is 9.99. The van der Waals surface area contributed by atoms with Crippen molar-refractivity contribution in [3.05, 3.63) is 179 Å². The van der Waals surface area contributed by atoms with Gasteiger partial charge in [0.1, 0.15) is 23.0 Å². The van der Waals surface area contributed by atoms with Crippen LogP contribution < -0.4 is 9.47 Å². The molecule has 0 aliphatic heterocycles. The third-order valence-electron chi connectivity index (χ3n) is 7.59. The number of hydrogen-bond donors (Lipinski definition) is 0. The van der Waals surface area contributed by atoms with Crippen molar-refractivity contribution in [3.8, 4) is 67.5 Å². The van der Waals surface area contributed by atoms with Gasteiger partial charge >= 0.3 is 0 Å². The molecule has 3 heteroatoms. The molecular formula is C42H29IO2. The molecule has 216 valence electrons. The highest BCUT2D eigenvalue weighted by atomic mass is 127. The van der Waals surface area contributed by atoms with E-state index < -0.39 is 0 Å². The van der Waals surface area contributed by atoms with Crippen LogP contribution >= 0.6 is 22.6 Å². The molecule has 0 unspecified atom stereocenters. The van der Waals surface area contributed by atoms with E-state index >= 15 is 0 Å². The topological polar surface area (TPSA) is 18.5 Å². The van der Waals surface area contributed by atoms with Crippen molar-refractivity contribution < 1.29 is 9.47 Å². The van der Waals surface area contributed by atoms with Crippen LogP contribution in [0, 0.1) is 3.57 Å². The lowest BCUT2D eigenvalue weighted by molar-refractivity contribution is 0.460. The SMILES string of the molecule is Ic1cc(Oc2cccc(-c3cccc(-c4ccccc4)c3)c2)cc(Oc2cccc(-c3cccc(-c4ccccc4)c3)c2)c1. The molecule has 7 aromatic rings. The first-order chi connectivity index (χ1) is 22.2. The van der Waals surface area contributed by atoms with Crippen molar-refractivity contribution in [1.82, 2.24) is 0 Å². The maximum Gasteiger partial charge on any atom is 0.132 e. The summed E-state index contributed by atoms with van der Waals surface area (Å²) in [6, 6.07) is 60.5. The van der Waals surface area contributed by atoms with E-state index in [4.69, 9.17) is 9.47 Å². The summed E-state index contributed by atoms with van der Waals surface area (Å²) < 4.78 is 13.8. The molecule has 0 fully saturated rings. The molecule has 0 aromatic heterocycles. The van der Waals surface area contributed by atoms with Gasteiger partial charge in [-0.25, -0.2) is 0 Å². The Balaban J connectivity index is 1.10. The van der Waals surface area contributed by atoms with E-state index in [9.17, 15) is 0 Å². The summed E-state index contributed by atoms with van der Waals surface area (Å²) in [5, 5.41) is 0. The molecule has 0 radical (unpaired) electrons. The molecule has 0 aliphatic rings. The highest BCUT2D eigenvalue weighted by Crippen LogP contribution is 2.35. The fourth-order valence-electron chi connectivity index (χ4n) is 5.42. The number of rotatable bonds is 8. The van der Waals surface area contributed by atoms with Gasteiger partial charge in [-0.2, -0.15) is 0 Å². The van der Waals surface area contributed by atoms with Gasteiger partial charge in [0.2, 0.25) is 0 Å². The zero-order valence-electron chi connectivity index (χ0n) is 24.4. The molecule has 0 aliphatic carbocycles. The first kappa shape index (κ1) is 28.6. The lowest BCUT2D eigenvalue weighted by Crippen LogP contribution is -1.90. The number of benzene rings is 7. The number of ether oxygens (including phenoxy) is 2. The van der Waals surface area contributed by atoms with E-state index in [1.165, 1.54) is 22.3 Å². The van der Waals surface area contributed by atoms with Gasteiger partial charge in [0.15, 0.2) is 0 Å². The van der Waals surface area contributed by atoms with Gasteiger partial charge in [0.05, 0.1) is 0 Å². The molecule has 0 N–H and O–H groups in total. The first-order valence-corrected chi connectivity index (χ1v) is 15.9. The van der Waals surface area contributed by atoms with Crippen LogP contribution in [0.2, 0.25) is 0 Å². The molecule has 0 bridgehead atoms. The van der Waals surface area contributed by atoms with Crippen LogP contribution in [0.25, 0.3) is 44.5 Å². The second kappa shape index (κ2) is 13.2. The first-order valence-electron chi connectivity index (χ1n) is 14.8. The largest absolute Gasteiger partial charge is 0.457 e. The Morgan fingerprint density at radius 1 is 0.267 bits per heavy atom. The van der Waals surface area contributed by atoms with Crippen molar-refractivity contribution in [2.24, 2.45) is 0 Å². The Hall–Kier alpha value is -5.13. The van der Waals surface area contributed by atoms with Crippen LogP contribution in [0.15, 0.2) is 176 Å². The summed E-state index contributed by atoms with van der Waals surface area (Å²) in [5.74, 6) is 2.98. The second-order valence-corrected chi connectivity index (χ2v) is 12.0. The Morgan fingerprint density at radius 3 is 1.02 bits per heavy atom. The van der Waals surface area contributed by atoms with Crippen molar-refractivity contribution in [2.75, 3.05) is 0 Å². The van der Waals surface area contributed by atoms with Gasteiger partial charge in [0, 0.05) is 9.64 Å². The van der Waals surface area contributed by atoms with Crippen molar-refractivity contribution in [3.63, 3.8) is 0 Å². The van der Waals surface area contributed by atoms with Crippen molar-refractivity contribution in [2.45, 2.75) is 0 Å². The number of halogens is 1.